The zero-order valence-corrected chi connectivity index (χ0v) is 15.2. The largest absolute Gasteiger partial charge is 0.359 e. The molecule has 0 atom stereocenters. The summed E-state index contributed by atoms with van der Waals surface area (Å²) in [4.78, 5) is 0.189. The van der Waals surface area contributed by atoms with Crippen LogP contribution in [0.15, 0.2) is 29.2 Å². The molecule has 1 saturated carbocycles. The van der Waals surface area contributed by atoms with Crippen molar-refractivity contribution in [3.63, 3.8) is 0 Å². The fourth-order valence-corrected chi connectivity index (χ4v) is 3.00. The molecule has 0 amide bonds. The van der Waals surface area contributed by atoms with Crippen molar-refractivity contribution in [2.45, 2.75) is 23.8 Å². The first-order valence-corrected chi connectivity index (χ1v) is 9.21. The van der Waals surface area contributed by atoms with Gasteiger partial charge in [0.1, 0.15) is 0 Å². The fraction of sp³-hybridized carbons (Fsp3) is 0.385. The number of nitrogens with one attached hydrogen (secondary N) is 4. The summed E-state index contributed by atoms with van der Waals surface area (Å²) in [5, 5.41) is 6.76. The van der Waals surface area contributed by atoms with Crippen LogP contribution in [0.4, 0.5) is 5.69 Å². The first-order valence-electron chi connectivity index (χ1n) is 6.95. The Kier molecular flexibility index (Phi) is 5.74. The van der Waals surface area contributed by atoms with Crippen LogP contribution in [-0.4, -0.2) is 43.1 Å². The summed E-state index contributed by atoms with van der Waals surface area (Å²) in [5.41, 5.74) is 6.09. The van der Waals surface area contributed by atoms with Crippen LogP contribution in [0, 0.1) is 0 Å². The van der Waals surface area contributed by atoms with Crippen LogP contribution in [0.3, 0.4) is 0 Å². The number of benzene rings is 1. The van der Waals surface area contributed by atoms with E-state index in [0.29, 0.717) is 16.8 Å². The van der Waals surface area contributed by atoms with Crippen LogP contribution in [0.5, 0.6) is 0 Å². The van der Waals surface area contributed by atoms with Gasteiger partial charge in [-0.2, -0.15) is 0 Å². The standard InChI is InChI=1S/C13H19N5O2S3/c1-18(2)23(19,20)11-5-3-4-10(8-11)15-13(22)17-16-12(21)14-9-6-7-9/h3-5,8-9H,6-7H2,1-2H3,(H2,14,16,21)(H2,15,17,22). The maximum atomic E-state index is 12.1. The number of sulfonamides is 1. The first kappa shape index (κ1) is 17.9. The van der Waals surface area contributed by atoms with Crippen LogP contribution >= 0.6 is 24.4 Å². The molecule has 0 bridgehead atoms. The van der Waals surface area contributed by atoms with Crippen molar-refractivity contribution < 1.29 is 8.42 Å². The highest BCUT2D eigenvalue weighted by Gasteiger charge is 2.21. The highest BCUT2D eigenvalue weighted by atomic mass is 32.2. The summed E-state index contributed by atoms with van der Waals surface area (Å²) in [5.74, 6) is 0. The molecule has 1 aliphatic carbocycles. The molecular weight excluding hydrogens is 354 g/mol. The molecular formula is C13H19N5O2S3. The molecule has 0 radical (unpaired) electrons. The predicted octanol–water partition coefficient (Wildman–Crippen LogP) is 0.765. The Morgan fingerprint density at radius 3 is 2.43 bits per heavy atom. The average Bonchev–Trinajstić information content (AvgIpc) is 3.29. The van der Waals surface area contributed by atoms with Gasteiger partial charge in [-0.1, -0.05) is 6.07 Å². The lowest BCUT2D eigenvalue weighted by Gasteiger charge is -2.15. The van der Waals surface area contributed by atoms with Crippen molar-refractivity contribution in [3.8, 4) is 0 Å². The molecule has 0 aromatic heterocycles. The van der Waals surface area contributed by atoms with Gasteiger partial charge in [-0.25, -0.2) is 12.7 Å². The van der Waals surface area contributed by atoms with Gasteiger partial charge in [-0.3, -0.25) is 10.9 Å². The van der Waals surface area contributed by atoms with Gasteiger partial charge < -0.3 is 10.6 Å². The van der Waals surface area contributed by atoms with E-state index in [0.717, 1.165) is 17.1 Å². The summed E-state index contributed by atoms with van der Waals surface area (Å²) in [6.07, 6.45) is 2.25. The van der Waals surface area contributed by atoms with Crippen molar-refractivity contribution in [2.75, 3.05) is 19.4 Å². The SMILES string of the molecule is CN(C)S(=O)(=O)c1cccc(NC(=S)NNC(=S)NC2CC2)c1. The predicted molar refractivity (Wildman–Crippen MR) is 98.6 cm³/mol. The van der Waals surface area contributed by atoms with Gasteiger partial charge in [0.2, 0.25) is 10.0 Å². The highest BCUT2D eigenvalue weighted by Crippen LogP contribution is 2.18. The maximum Gasteiger partial charge on any atom is 0.242 e. The van der Waals surface area contributed by atoms with Gasteiger partial charge in [0, 0.05) is 25.8 Å². The molecule has 2 rings (SSSR count). The number of hydrogen-bond donors (Lipinski definition) is 4. The summed E-state index contributed by atoms with van der Waals surface area (Å²) >= 11 is 10.2. The zero-order chi connectivity index (χ0) is 17.0. The topological polar surface area (TPSA) is 85.5 Å². The average molecular weight is 374 g/mol. The summed E-state index contributed by atoms with van der Waals surface area (Å²) in [6, 6.07) is 6.87. The number of hydrazine groups is 1. The van der Waals surface area contributed by atoms with Crippen molar-refractivity contribution in [3.05, 3.63) is 24.3 Å². The van der Waals surface area contributed by atoms with Gasteiger partial charge in [0.25, 0.3) is 0 Å². The van der Waals surface area contributed by atoms with E-state index in [-0.39, 0.29) is 10.0 Å². The van der Waals surface area contributed by atoms with Crippen LogP contribution in [0.2, 0.25) is 0 Å². The molecule has 1 aliphatic rings. The lowest BCUT2D eigenvalue weighted by Crippen LogP contribution is -2.48. The number of thiocarbonyl (C=S) groups is 2. The number of anilines is 1. The second-order valence-corrected chi connectivity index (χ2v) is 8.24. The van der Waals surface area contributed by atoms with E-state index in [2.05, 4.69) is 21.5 Å². The number of hydrogen-bond acceptors (Lipinski definition) is 4. The van der Waals surface area contributed by atoms with E-state index in [1.54, 1.807) is 12.1 Å². The molecule has 23 heavy (non-hydrogen) atoms. The minimum Gasteiger partial charge on any atom is -0.359 e. The van der Waals surface area contributed by atoms with Crippen molar-refractivity contribution in [1.82, 2.24) is 20.5 Å². The Balaban J connectivity index is 1.91. The van der Waals surface area contributed by atoms with Gasteiger partial charge in [0.05, 0.1) is 4.90 Å². The van der Waals surface area contributed by atoms with Crippen LogP contribution in [-0.2, 0) is 10.0 Å². The smallest absolute Gasteiger partial charge is 0.242 e. The Bertz CT molecular complexity index is 701. The van der Waals surface area contributed by atoms with Gasteiger partial charge in [0.15, 0.2) is 10.2 Å². The molecule has 0 unspecified atom stereocenters. The summed E-state index contributed by atoms with van der Waals surface area (Å²) < 4.78 is 25.4. The Hall–Kier alpha value is -1.49. The molecule has 4 N–H and O–H groups in total. The Morgan fingerprint density at radius 2 is 1.83 bits per heavy atom. The molecule has 10 heteroatoms. The first-order chi connectivity index (χ1) is 10.8. The third-order valence-electron chi connectivity index (χ3n) is 3.07. The molecule has 1 fully saturated rings. The molecule has 0 aliphatic heterocycles. The molecule has 0 spiro atoms. The molecule has 1 aromatic carbocycles. The molecule has 0 saturated heterocycles. The van der Waals surface area contributed by atoms with Gasteiger partial charge >= 0.3 is 0 Å². The van der Waals surface area contributed by atoms with Gasteiger partial charge in [-0.05, 0) is 55.5 Å². The second-order valence-electron chi connectivity index (χ2n) is 5.27. The van der Waals surface area contributed by atoms with E-state index in [9.17, 15) is 8.42 Å². The zero-order valence-electron chi connectivity index (χ0n) is 12.8. The highest BCUT2D eigenvalue weighted by molar-refractivity contribution is 7.89. The Labute approximate surface area is 146 Å². The number of rotatable bonds is 4. The van der Waals surface area contributed by atoms with E-state index in [4.69, 9.17) is 24.4 Å². The maximum absolute atomic E-state index is 12.1. The lowest BCUT2D eigenvalue weighted by molar-refractivity contribution is 0.521. The fourth-order valence-electron chi connectivity index (χ4n) is 1.67. The van der Waals surface area contributed by atoms with Crippen LogP contribution < -0.4 is 21.5 Å². The second kappa shape index (κ2) is 7.39. The van der Waals surface area contributed by atoms with Gasteiger partial charge in [-0.15, -0.1) is 0 Å². The molecule has 7 nitrogen and oxygen atoms in total. The molecule has 126 valence electrons. The third kappa shape index (κ3) is 5.27. The summed E-state index contributed by atoms with van der Waals surface area (Å²) in [6.45, 7) is 0. The quantitative estimate of drug-likeness (QED) is 0.455. The Morgan fingerprint density at radius 1 is 1.17 bits per heavy atom. The van der Waals surface area contributed by atoms with E-state index >= 15 is 0 Å². The van der Waals surface area contributed by atoms with E-state index < -0.39 is 10.0 Å². The normalized spacial score (nSPS) is 14.2. The third-order valence-corrected chi connectivity index (χ3v) is 5.31. The van der Waals surface area contributed by atoms with E-state index in [1.807, 2.05) is 0 Å². The summed E-state index contributed by atoms with van der Waals surface area (Å²) in [7, 11) is -0.513. The van der Waals surface area contributed by atoms with Crippen molar-refractivity contribution in [2.24, 2.45) is 0 Å². The van der Waals surface area contributed by atoms with Crippen molar-refractivity contribution >= 4 is 50.4 Å². The molecule has 1 aromatic rings. The lowest BCUT2D eigenvalue weighted by atomic mass is 10.3. The van der Waals surface area contributed by atoms with Crippen molar-refractivity contribution in [1.29, 1.82) is 0 Å². The number of nitrogens with zero attached hydrogens (tertiary/aromatic N) is 1. The molecule has 0 heterocycles. The van der Waals surface area contributed by atoms with E-state index in [1.165, 1.54) is 26.2 Å². The minimum atomic E-state index is -3.48. The minimum absolute atomic E-state index is 0.189. The van der Waals surface area contributed by atoms with Crippen LogP contribution in [0.25, 0.3) is 0 Å². The van der Waals surface area contributed by atoms with Crippen LogP contribution in [0.1, 0.15) is 12.8 Å². The monoisotopic (exact) mass is 373 g/mol.